The molecule has 0 spiro atoms. The fraction of sp³-hybridized carbons (Fsp3) is 0.462. The van der Waals surface area contributed by atoms with Gasteiger partial charge < -0.3 is 10.2 Å². The first-order chi connectivity index (χ1) is 8.24. The zero-order valence-corrected chi connectivity index (χ0v) is 10.4. The molecule has 1 aliphatic heterocycles. The van der Waals surface area contributed by atoms with Gasteiger partial charge in [0.1, 0.15) is 6.04 Å². The van der Waals surface area contributed by atoms with Gasteiger partial charge in [0.25, 0.3) is 0 Å². The van der Waals surface area contributed by atoms with Gasteiger partial charge in [-0.2, -0.15) is 0 Å². The molecule has 0 radical (unpaired) electrons. The monoisotopic (exact) mass is 233 g/mol. The van der Waals surface area contributed by atoms with Crippen LogP contribution in [0, 0.1) is 0 Å². The van der Waals surface area contributed by atoms with Gasteiger partial charge >= 0.3 is 0 Å². The zero-order chi connectivity index (χ0) is 12.3. The summed E-state index contributed by atoms with van der Waals surface area (Å²) >= 11 is 0. The Morgan fingerprint density at radius 3 is 2.65 bits per heavy atom. The largest absolute Gasteiger partial charge is 0.318 e. The van der Waals surface area contributed by atoms with Crippen LogP contribution in [0.2, 0.25) is 0 Å². The van der Waals surface area contributed by atoms with Crippen LogP contribution in [-0.4, -0.2) is 50.6 Å². The third-order valence-corrected chi connectivity index (χ3v) is 3.22. The maximum absolute atomic E-state index is 12.4. The fourth-order valence-corrected chi connectivity index (χ4v) is 2.19. The number of amides is 1. The van der Waals surface area contributed by atoms with Gasteiger partial charge in [-0.15, -0.1) is 0 Å². The summed E-state index contributed by atoms with van der Waals surface area (Å²) in [6.45, 7) is 2.37. The first kappa shape index (κ1) is 12.1. The molecule has 1 aromatic carbocycles. The Labute approximate surface area is 102 Å². The topological polar surface area (TPSA) is 35.6 Å². The van der Waals surface area contributed by atoms with Crippen LogP contribution in [0.4, 0.5) is 5.69 Å². The van der Waals surface area contributed by atoms with Crippen LogP contribution < -0.4 is 10.2 Å². The van der Waals surface area contributed by atoms with Crippen molar-refractivity contribution in [2.45, 2.75) is 6.04 Å². The minimum atomic E-state index is -0.0612. The van der Waals surface area contributed by atoms with E-state index in [1.54, 1.807) is 0 Å². The predicted octanol–water partition coefficient (Wildman–Crippen LogP) is 0.553. The van der Waals surface area contributed by atoms with Crippen LogP contribution in [-0.2, 0) is 4.79 Å². The molecule has 0 aromatic heterocycles. The average molecular weight is 233 g/mol. The van der Waals surface area contributed by atoms with E-state index >= 15 is 0 Å². The maximum Gasteiger partial charge on any atom is 0.245 e. The molecular formula is C13H19N3O. The molecular weight excluding hydrogens is 214 g/mol. The number of anilines is 1. The zero-order valence-electron chi connectivity index (χ0n) is 10.4. The lowest BCUT2D eigenvalue weighted by Crippen LogP contribution is -2.58. The van der Waals surface area contributed by atoms with E-state index in [2.05, 4.69) is 10.2 Å². The quantitative estimate of drug-likeness (QED) is 0.828. The summed E-state index contributed by atoms with van der Waals surface area (Å²) in [6.07, 6.45) is 0. The molecule has 1 unspecified atom stereocenters. The molecule has 4 heteroatoms. The number of nitrogens with one attached hydrogen (secondary N) is 1. The number of rotatable bonds is 3. The number of nitrogens with zero attached hydrogens (tertiary/aromatic N) is 2. The minimum Gasteiger partial charge on any atom is -0.318 e. The lowest BCUT2D eigenvalue weighted by Gasteiger charge is -2.38. The molecule has 1 aliphatic rings. The average Bonchev–Trinajstić information content (AvgIpc) is 2.36. The van der Waals surface area contributed by atoms with Crippen molar-refractivity contribution in [3.05, 3.63) is 30.3 Å². The molecule has 1 saturated heterocycles. The second-order valence-electron chi connectivity index (χ2n) is 4.38. The van der Waals surface area contributed by atoms with Crippen LogP contribution in [0.3, 0.4) is 0 Å². The second-order valence-corrected chi connectivity index (χ2v) is 4.38. The second kappa shape index (κ2) is 5.29. The summed E-state index contributed by atoms with van der Waals surface area (Å²) in [5.74, 6) is 0.180. The number of benzene rings is 1. The molecule has 1 fully saturated rings. The van der Waals surface area contributed by atoms with Crippen molar-refractivity contribution >= 4 is 11.6 Å². The van der Waals surface area contributed by atoms with E-state index in [4.69, 9.17) is 0 Å². The van der Waals surface area contributed by atoms with Crippen molar-refractivity contribution in [2.24, 2.45) is 0 Å². The van der Waals surface area contributed by atoms with Gasteiger partial charge in [-0.3, -0.25) is 9.69 Å². The van der Waals surface area contributed by atoms with E-state index in [1.807, 2.05) is 49.3 Å². The maximum atomic E-state index is 12.4. The van der Waals surface area contributed by atoms with Gasteiger partial charge in [-0.05, 0) is 26.2 Å². The normalized spacial score (nSPS) is 21.9. The van der Waals surface area contributed by atoms with E-state index in [0.29, 0.717) is 6.54 Å². The molecule has 2 rings (SSSR count). The summed E-state index contributed by atoms with van der Waals surface area (Å²) in [7, 11) is 3.88. The highest BCUT2D eigenvalue weighted by molar-refractivity contribution is 5.98. The molecule has 4 nitrogen and oxygen atoms in total. The minimum absolute atomic E-state index is 0.0612. The Hall–Kier alpha value is -1.39. The van der Waals surface area contributed by atoms with Gasteiger partial charge in [-0.1, -0.05) is 18.2 Å². The number of para-hydroxylation sites is 1. The number of hydrogen-bond acceptors (Lipinski definition) is 3. The van der Waals surface area contributed by atoms with Gasteiger partial charge in [0, 0.05) is 25.3 Å². The number of carbonyl (C=O) groups is 1. The Kier molecular flexibility index (Phi) is 3.76. The Morgan fingerprint density at radius 2 is 2.00 bits per heavy atom. The van der Waals surface area contributed by atoms with E-state index in [-0.39, 0.29) is 11.9 Å². The van der Waals surface area contributed by atoms with Crippen molar-refractivity contribution in [3.63, 3.8) is 0 Å². The van der Waals surface area contributed by atoms with Crippen LogP contribution in [0.1, 0.15) is 0 Å². The first-order valence-corrected chi connectivity index (χ1v) is 5.95. The van der Waals surface area contributed by atoms with Crippen molar-refractivity contribution in [1.29, 1.82) is 0 Å². The molecule has 1 heterocycles. The van der Waals surface area contributed by atoms with E-state index in [9.17, 15) is 4.79 Å². The van der Waals surface area contributed by atoms with Crippen molar-refractivity contribution < 1.29 is 4.79 Å². The summed E-state index contributed by atoms with van der Waals surface area (Å²) in [4.78, 5) is 16.4. The summed E-state index contributed by atoms with van der Waals surface area (Å²) in [6, 6.07) is 9.81. The van der Waals surface area contributed by atoms with Crippen LogP contribution in [0.25, 0.3) is 0 Å². The molecule has 17 heavy (non-hydrogen) atoms. The van der Waals surface area contributed by atoms with Gasteiger partial charge in [0.2, 0.25) is 5.91 Å². The van der Waals surface area contributed by atoms with E-state index in [0.717, 1.165) is 18.8 Å². The van der Waals surface area contributed by atoms with Gasteiger partial charge in [-0.25, -0.2) is 0 Å². The molecule has 0 saturated carbocycles. The summed E-state index contributed by atoms with van der Waals surface area (Å²) in [5.41, 5.74) is 0.992. The van der Waals surface area contributed by atoms with Gasteiger partial charge in [0.05, 0.1) is 0 Å². The number of likely N-dealkylation sites (N-methyl/N-ethyl adjacent to an activating group) is 2. The van der Waals surface area contributed by atoms with Crippen molar-refractivity contribution in [2.75, 3.05) is 38.6 Å². The number of carbonyl (C=O) groups excluding carboxylic acids is 1. The lowest BCUT2D eigenvalue weighted by atomic mass is 10.1. The Morgan fingerprint density at radius 1 is 1.29 bits per heavy atom. The standard InChI is InChI=1S/C13H19N3O/c1-14-10-12-13(17)16(9-8-15(12)2)11-6-4-3-5-7-11/h3-7,12,14H,8-10H2,1-2H3. The van der Waals surface area contributed by atoms with Gasteiger partial charge in [0.15, 0.2) is 0 Å². The summed E-state index contributed by atoms with van der Waals surface area (Å²) < 4.78 is 0. The third kappa shape index (κ3) is 2.48. The van der Waals surface area contributed by atoms with Crippen LogP contribution in [0.5, 0.6) is 0 Å². The summed E-state index contributed by atoms with van der Waals surface area (Å²) in [5, 5.41) is 3.08. The fourth-order valence-electron chi connectivity index (χ4n) is 2.19. The first-order valence-electron chi connectivity index (χ1n) is 5.95. The molecule has 1 amide bonds. The van der Waals surface area contributed by atoms with Crippen LogP contribution >= 0.6 is 0 Å². The number of piperazine rings is 1. The molecule has 0 bridgehead atoms. The van der Waals surface area contributed by atoms with Crippen LogP contribution in [0.15, 0.2) is 30.3 Å². The van der Waals surface area contributed by atoms with E-state index < -0.39 is 0 Å². The Balaban J connectivity index is 2.18. The molecule has 1 atom stereocenters. The molecule has 92 valence electrons. The third-order valence-electron chi connectivity index (χ3n) is 3.22. The van der Waals surface area contributed by atoms with Crippen molar-refractivity contribution in [3.8, 4) is 0 Å². The highest BCUT2D eigenvalue weighted by Gasteiger charge is 2.32. The highest BCUT2D eigenvalue weighted by Crippen LogP contribution is 2.18. The molecule has 1 aromatic rings. The number of hydrogen-bond donors (Lipinski definition) is 1. The molecule has 0 aliphatic carbocycles. The predicted molar refractivity (Wildman–Crippen MR) is 69.1 cm³/mol. The van der Waals surface area contributed by atoms with Crippen molar-refractivity contribution in [1.82, 2.24) is 10.2 Å². The lowest BCUT2D eigenvalue weighted by molar-refractivity contribution is -0.125. The smallest absolute Gasteiger partial charge is 0.245 e. The Bertz CT molecular complexity index is 380. The molecule has 1 N–H and O–H groups in total. The highest BCUT2D eigenvalue weighted by atomic mass is 16.2. The van der Waals surface area contributed by atoms with E-state index in [1.165, 1.54) is 0 Å². The SMILES string of the molecule is CNCC1C(=O)N(c2ccccc2)CCN1C.